The summed E-state index contributed by atoms with van der Waals surface area (Å²) in [5, 5.41) is 0. The van der Waals surface area contributed by atoms with Crippen LogP contribution in [-0.4, -0.2) is 5.75 Å². The molecule has 0 saturated carbocycles. The number of hydrogen-bond donors (Lipinski definition) is 0. The average Bonchev–Trinajstić information content (AvgIpc) is 2.28. The summed E-state index contributed by atoms with van der Waals surface area (Å²) in [6, 6.07) is 6.54. The van der Waals surface area contributed by atoms with E-state index in [9.17, 15) is 0 Å². The van der Waals surface area contributed by atoms with Crippen LogP contribution in [0.4, 0.5) is 0 Å². The van der Waals surface area contributed by atoms with Crippen LogP contribution >= 0.6 is 11.8 Å². The lowest BCUT2D eigenvalue weighted by atomic mass is 10.1. The minimum Gasteiger partial charge on any atom is -0.126 e. The summed E-state index contributed by atoms with van der Waals surface area (Å²) < 4.78 is 0. The van der Waals surface area contributed by atoms with Crippen molar-refractivity contribution >= 4 is 17.8 Å². The SMILES string of the molecule is C=Cc1cccc(CCCC)c1SCC. The van der Waals surface area contributed by atoms with E-state index in [2.05, 4.69) is 38.6 Å². The quantitative estimate of drug-likeness (QED) is 0.621. The van der Waals surface area contributed by atoms with Crippen molar-refractivity contribution in [3.63, 3.8) is 0 Å². The van der Waals surface area contributed by atoms with Crippen molar-refractivity contribution in [2.24, 2.45) is 0 Å². The van der Waals surface area contributed by atoms with Gasteiger partial charge in [0.15, 0.2) is 0 Å². The van der Waals surface area contributed by atoms with Gasteiger partial charge in [0, 0.05) is 4.90 Å². The zero-order valence-corrected chi connectivity index (χ0v) is 10.6. The first kappa shape index (κ1) is 12.4. The van der Waals surface area contributed by atoms with E-state index in [0.717, 1.165) is 5.75 Å². The van der Waals surface area contributed by atoms with E-state index >= 15 is 0 Å². The first-order chi connectivity index (χ1) is 7.33. The topological polar surface area (TPSA) is 0 Å². The van der Waals surface area contributed by atoms with E-state index < -0.39 is 0 Å². The van der Waals surface area contributed by atoms with Gasteiger partial charge in [-0.15, -0.1) is 11.8 Å². The molecule has 1 aromatic rings. The Morgan fingerprint density at radius 2 is 2.13 bits per heavy atom. The Hall–Kier alpha value is -0.690. The largest absolute Gasteiger partial charge is 0.126 e. The number of thioether (sulfide) groups is 1. The highest BCUT2D eigenvalue weighted by atomic mass is 32.2. The van der Waals surface area contributed by atoms with Gasteiger partial charge in [-0.25, -0.2) is 0 Å². The predicted octanol–water partition coefficient (Wildman–Crippen LogP) is 4.78. The van der Waals surface area contributed by atoms with Crippen molar-refractivity contribution in [3.8, 4) is 0 Å². The van der Waals surface area contributed by atoms with E-state index in [4.69, 9.17) is 0 Å². The van der Waals surface area contributed by atoms with Crippen LogP contribution in [0.3, 0.4) is 0 Å². The van der Waals surface area contributed by atoms with E-state index in [1.807, 2.05) is 17.8 Å². The molecule has 0 nitrogen and oxygen atoms in total. The van der Waals surface area contributed by atoms with Crippen molar-refractivity contribution < 1.29 is 0 Å². The molecule has 0 aliphatic heterocycles. The molecule has 1 rings (SSSR count). The maximum absolute atomic E-state index is 3.88. The Labute approximate surface area is 97.8 Å². The monoisotopic (exact) mass is 220 g/mol. The van der Waals surface area contributed by atoms with Gasteiger partial charge in [0.2, 0.25) is 0 Å². The zero-order valence-electron chi connectivity index (χ0n) is 9.75. The molecule has 0 fully saturated rings. The maximum atomic E-state index is 3.88. The molecular weight excluding hydrogens is 200 g/mol. The van der Waals surface area contributed by atoms with Crippen LogP contribution in [0.5, 0.6) is 0 Å². The van der Waals surface area contributed by atoms with Crippen LogP contribution in [0.1, 0.15) is 37.8 Å². The Morgan fingerprint density at radius 1 is 1.33 bits per heavy atom. The van der Waals surface area contributed by atoms with Crippen LogP contribution < -0.4 is 0 Å². The van der Waals surface area contributed by atoms with E-state index in [0.29, 0.717) is 0 Å². The molecule has 1 heteroatoms. The third-order valence-corrected chi connectivity index (χ3v) is 3.51. The molecule has 0 radical (unpaired) electrons. The van der Waals surface area contributed by atoms with Crippen molar-refractivity contribution in [3.05, 3.63) is 35.9 Å². The molecule has 15 heavy (non-hydrogen) atoms. The second kappa shape index (κ2) is 6.73. The van der Waals surface area contributed by atoms with Gasteiger partial charge in [0.1, 0.15) is 0 Å². The van der Waals surface area contributed by atoms with Gasteiger partial charge >= 0.3 is 0 Å². The predicted molar refractivity (Wildman–Crippen MR) is 71.5 cm³/mol. The Balaban J connectivity index is 2.95. The van der Waals surface area contributed by atoms with Crippen LogP contribution in [0.25, 0.3) is 6.08 Å². The number of aryl methyl sites for hydroxylation is 1. The third-order valence-electron chi connectivity index (χ3n) is 2.44. The second-order valence-electron chi connectivity index (χ2n) is 3.58. The van der Waals surface area contributed by atoms with Crippen molar-refractivity contribution in [1.82, 2.24) is 0 Å². The lowest BCUT2D eigenvalue weighted by Crippen LogP contribution is -1.91. The highest BCUT2D eigenvalue weighted by Gasteiger charge is 2.05. The van der Waals surface area contributed by atoms with Crippen LogP contribution in [0.2, 0.25) is 0 Å². The highest BCUT2D eigenvalue weighted by molar-refractivity contribution is 7.99. The van der Waals surface area contributed by atoms with Crippen molar-refractivity contribution in [2.75, 3.05) is 5.75 Å². The Morgan fingerprint density at radius 3 is 2.73 bits per heavy atom. The smallest absolute Gasteiger partial charge is 0.0176 e. The van der Waals surface area contributed by atoms with E-state index in [-0.39, 0.29) is 0 Å². The van der Waals surface area contributed by atoms with E-state index in [1.54, 1.807) is 0 Å². The number of benzene rings is 1. The lowest BCUT2D eigenvalue weighted by Gasteiger charge is -2.11. The van der Waals surface area contributed by atoms with Crippen molar-refractivity contribution in [2.45, 2.75) is 38.0 Å². The van der Waals surface area contributed by atoms with Crippen LogP contribution in [0, 0.1) is 0 Å². The van der Waals surface area contributed by atoms with Gasteiger partial charge < -0.3 is 0 Å². The molecule has 0 N–H and O–H groups in total. The van der Waals surface area contributed by atoms with Gasteiger partial charge in [-0.3, -0.25) is 0 Å². The van der Waals surface area contributed by atoms with Gasteiger partial charge in [0.25, 0.3) is 0 Å². The molecular formula is C14H20S. The first-order valence-electron chi connectivity index (χ1n) is 5.70. The molecule has 82 valence electrons. The summed E-state index contributed by atoms with van der Waals surface area (Å²) in [6.07, 6.45) is 5.69. The lowest BCUT2D eigenvalue weighted by molar-refractivity contribution is 0.785. The second-order valence-corrected chi connectivity index (χ2v) is 4.85. The summed E-state index contributed by atoms with van der Waals surface area (Å²) in [4.78, 5) is 1.43. The molecule has 0 spiro atoms. The van der Waals surface area contributed by atoms with Crippen LogP contribution in [-0.2, 0) is 6.42 Å². The van der Waals surface area contributed by atoms with Crippen LogP contribution in [0.15, 0.2) is 29.7 Å². The normalized spacial score (nSPS) is 10.3. The Kier molecular flexibility index (Phi) is 5.56. The number of rotatable bonds is 6. The molecule has 0 aliphatic rings. The number of hydrogen-bond acceptors (Lipinski definition) is 1. The minimum atomic E-state index is 1.13. The van der Waals surface area contributed by atoms with E-state index in [1.165, 1.54) is 35.3 Å². The fourth-order valence-corrected chi connectivity index (χ4v) is 2.61. The first-order valence-corrected chi connectivity index (χ1v) is 6.69. The summed E-state index contributed by atoms with van der Waals surface area (Å²) >= 11 is 1.93. The maximum Gasteiger partial charge on any atom is 0.0176 e. The molecule has 0 heterocycles. The molecule has 0 aliphatic carbocycles. The third kappa shape index (κ3) is 3.42. The fraction of sp³-hybridized carbons (Fsp3) is 0.429. The molecule has 0 aromatic heterocycles. The highest BCUT2D eigenvalue weighted by Crippen LogP contribution is 2.28. The molecule has 0 unspecified atom stereocenters. The molecule has 1 aromatic carbocycles. The summed E-state index contributed by atoms with van der Waals surface area (Å²) in [6.45, 7) is 8.32. The molecule has 0 atom stereocenters. The standard InChI is InChI=1S/C14H20S/c1-4-7-9-13-11-8-10-12(5-2)14(13)15-6-3/h5,8,10-11H,2,4,6-7,9H2,1,3H3. The van der Waals surface area contributed by atoms with Gasteiger partial charge in [-0.05, 0) is 29.7 Å². The number of unbranched alkanes of at least 4 members (excludes halogenated alkanes) is 1. The summed E-state index contributed by atoms with van der Waals surface area (Å²) in [5.74, 6) is 1.13. The summed E-state index contributed by atoms with van der Waals surface area (Å²) in [7, 11) is 0. The van der Waals surface area contributed by atoms with Gasteiger partial charge in [-0.2, -0.15) is 0 Å². The summed E-state index contributed by atoms with van der Waals surface area (Å²) in [5.41, 5.74) is 2.77. The van der Waals surface area contributed by atoms with Crippen molar-refractivity contribution in [1.29, 1.82) is 0 Å². The fourth-order valence-electron chi connectivity index (χ4n) is 1.65. The average molecular weight is 220 g/mol. The molecule has 0 amide bonds. The Bertz CT molecular complexity index is 315. The molecule has 0 bridgehead atoms. The van der Waals surface area contributed by atoms with Gasteiger partial charge in [-0.1, -0.05) is 51.1 Å². The zero-order chi connectivity index (χ0) is 11.1. The van der Waals surface area contributed by atoms with Gasteiger partial charge in [0.05, 0.1) is 0 Å². The molecule has 0 saturated heterocycles. The minimum absolute atomic E-state index is 1.13.